The van der Waals surface area contributed by atoms with Gasteiger partial charge in [0.25, 0.3) is 5.91 Å². The molecule has 20 heavy (non-hydrogen) atoms. The summed E-state index contributed by atoms with van der Waals surface area (Å²) in [5, 5.41) is 2.86. The molecule has 1 aromatic heterocycles. The Morgan fingerprint density at radius 3 is 2.75 bits per heavy atom. The Bertz CT molecular complexity index is 667. The number of thiocarbonyl (C=S) groups is 1. The fraction of sp³-hybridized carbons (Fsp3) is 0.143. The van der Waals surface area contributed by atoms with E-state index in [0.29, 0.717) is 16.1 Å². The molecule has 1 aromatic carbocycles. The van der Waals surface area contributed by atoms with Crippen LogP contribution in [0.15, 0.2) is 34.8 Å². The van der Waals surface area contributed by atoms with Gasteiger partial charge in [0.15, 0.2) is 0 Å². The van der Waals surface area contributed by atoms with E-state index in [-0.39, 0.29) is 10.9 Å². The largest absolute Gasteiger partial charge is 0.389 e. The lowest BCUT2D eigenvalue weighted by Crippen LogP contribution is -2.17. The molecule has 0 aliphatic carbocycles. The van der Waals surface area contributed by atoms with Crippen LogP contribution in [0.25, 0.3) is 0 Å². The summed E-state index contributed by atoms with van der Waals surface area (Å²) < 4.78 is 0.864. The first-order valence-corrected chi connectivity index (χ1v) is 8.02. The molecule has 2 rings (SSSR count). The molecule has 6 heteroatoms. The summed E-state index contributed by atoms with van der Waals surface area (Å²) in [6, 6.07) is 9.21. The number of anilines is 1. The highest BCUT2D eigenvalue weighted by Gasteiger charge is 2.12. The number of halogens is 1. The van der Waals surface area contributed by atoms with Gasteiger partial charge in [0.05, 0.1) is 10.6 Å². The van der Waals surface area contributed by atoms with Crippen molar-refractivity contribution in [2.24, 2.45) is 5.73 Å². The van der Waals surface area contributed by atoms with E-state index in [9.17, 15) is 4.79 Å². The predicted molar refractivity (Wildman–Crippen MR) is 91.7 cm³/mol. The molecule has 0 saturated heterocycles. The second-order valence-electron chi connectivity index (χ2n) is 4.13. The summed E-state index contributed by atoms with van der Waals surface area (Å²) >= 11 is 9.86. The van der Waals surface area contributed by atoms with Gasteiger partial charge < -0.3 is 11.1 Å². The number of carbonyl (C=O) groups excluding carboxylic acids is 1. The average molecular weight is 369 g/mol. The Morgan fingerprint density at radius 1 is 1.40 bits per heavy atom. The topological polar surface area (TPSA) is 55.1 Å². The van der Waals surface area contributed by atoms with Gasteiger partial charge in [0.1, 0.15) is 4.99 Å². The molecular formula is C14H13BrN2OS2. The molecule has 0 aliphatic heterocycles. The molecule has 0 fully saturated rings. The number of carbonyl (C=O) groups is 1. The van der Waals surface area contributed by atoms with Crippen LogP contribution >= 0.6 is 39.5 Å². The Kier molecular flexibility index (Phi) is 4.91. The molecule has 0 saturated carbocycles. The normalized spacial score (nSPS) is 10.3. The number of nitrogens with one attached hydrogen (secondary N) is 1. The van der Waals surface area contributed by atoms with Crippen molar-refractivity contribution in [3.8, 4) is 0 Å². The first-order valence-electron chi connectivity index (χ1n) is 6.00. The van der Waals surface area contributed by atoms with E-state index in [1.165, 1.54) is 16.2 Å². The van der Waals surface area contributed by atoms with Gasteiger partial charge in [-0.05, 0) is 36.8 Å². The van der Waals surface area contributed by atoms with Crippen LogP contribution in [0, 0.1) is 0 Å². The number of hydrogen-bond donors (Lipinski definition) is 2. The van der Waals surface area contributed by atoms with Crippen molar-refractivity contribution in [3.63, 3.8) is 0 Å². The van der Waals surface area contributed by atoms with Crippen LogP contribution in [0.5, 0.6) is 0 Å². The molecule has 0 bridgehead atoms. The molecule has 1 amide bonds. The first-order chi connectivity index (χ1) is 9.51. The second kappa shape index (κ2) is 6.47. The Hall–Kier alpha value is -1.24. The predicted octanol–water partition coefficient (Wildman–Crippen LogP) is 3.96. The van der Waals surface area contributed by atoms with Gasteiger partial charge in [0.2, 0.25) is 0 Å². The Labute approximate surface area is 135 Å². The maximum atomic E-state index is 12.2. The number of amides is 1. The van der Waals surface area contributed by atoms with Gasteiger partial charge in [-0.15, -0.1) is 11.3 Å². The van der Waals surface area contributed by atoms with Crippen molar-refractivity contribution >= 4 is 56.1 Å². The van der Waals surface area contributed by atoms with E-state index in [0.717, 1.165) is 10.9 Å². The minimum atomic E-state index is -0.144. The number of aryl methyl sites for hydroxylation is 1. The number of rotatable bonds is 4. The van der Waals surface area contributed by atoms with Gasteiger partial charge in [-0.3, -0.25) is 4.79 Å². The molecule has 1 heterocycles. The van der Waals surface area contributed by atoms with Crippen LogP contribution < -0.4 is 11.1 Å². The molecule has 0 radical (unpaired) electrons. The van der Waals surface area contributed by atoms with Gasteiger partial charge in [0, 0.05) is 14.9 Å². The third-order valence-electron chi connectivity index (χ3n) is 2.73. The van der Waals surface area contributed by atoms with Crippen LogP contribution in [0.1, 0.15) is 27.0 Å². The fourth-order valence-electron chi connectivity index (χ4n) is 1.70. The summed E-state index contributed by atoms with van der Waals surface area (Å²) in [7, 11) is 0. The minimum Gasteiger partial charge on any atom is -0.389 e. The van der Waals surface area contributed by atoms with Gasteiger partial charge >= 0.3 is 0 Å². The molecule has 0 aliphatic rings. The fourth-order valence-corrected chi connectivity index (χ4v) is 3.08. The molecule has 3 N–H and O–H groups in total. The van der Waals surface area contributed by atoms with Gasteiger partial charge in [-0.25, -0.2) is 0 Å². The molecule has 3 nitrogen and oxygen atoms in total. The zero-order valence-electron chi connectivity index (χ0n) is 10.8. The minimum absolute atomic E-state index is 0.144. The monoisotopic (exact) mass is 368 g/mol. The lowest BCUT2D eigenvalue weighted by Gasteiger charge is -2.09. The van der Waals surface area contributed by atoms with Crippen LogP contribution in [0.4, 0.5) is 5.69 Å². The number of benzene rings is 1. The summed E-state index contributed by atoms with van der Waals surface area (Å²) in [5.41, 5.74) is 6.96. The van der Waals surface area contributed by atoms with Crippen molar-refractivity contribution < 1.29 is 4.79 Å². The molecule has 0 atom stereocenters. The van der Waals surface area contributed by atoms with Crippen molar-refractivity contribution in [3.05, 3.63) is 50.1 Å². The molecule has 104 valence electrons. The van der Waals surface area contributed by atoms with E-state index < -0.39 is 0 Å². The quantitative estimate of drug-likeness (QED) is 0.803. The number of hydrogen-bond acceptors (Lipinski definition) is 3. The third kappa shape index (κ3) is 3.45. The highest BCUT2D eigenvalue weighted by atomic mass is 79.9. The second-order valence-corrected chi connectivity index (χ2v) is 6.65. The van der Waals surface area contributed by atoms with Crippen LogP contribution in [0.2, 0.25) is 0 Å². The van der Waals surface area contributed by atoms with Gasteiger partial charge in [-0.1, -0.05) is 35.1 Å². The zero-order chi connectivity index (χ0) is 14.7. The van der Waals surface area contributed by atoms with E-state index >= 15 is 0 Å². The summed E-state index contributed by atoms with van der Waals surface area (Å²) in [5.74, 6) is -0.144. The van der Waals surface area contributed by atoms with Crippen molar-refractivity contribution in [2.45, 2.75) is 13.3 Å². The highest BCUT2D eigenvalue weighted by molar-refractivity contribution is 9.10. The first kappa shape index (κ1) is 15.2. The van der Waals surface area contributed by atoms with E-state index in [1.807, 2.05) is 18.2 Å². The van der Waals surface area contributed by atoms with Crippen molar-refractivity contribution in [1.29, 1.82) is 0 Å². The maximum absolute atomic E-state index is 12.2. The number of thiophene rings is 1. The average Bonchev–Trinajstić information content (AvgIpc) is 2.89. The lowest BCUT2D eigenvalue weighted by atomic mass is 10.1. The zero-order valence-corrected chi connectivity index (χ0v) is 14.0. The van der Waals surface area contributed by atoms with Crippen molar-refractivity contribution in [2.75, 3.05) is 5.32 Å². The van der Waals surface area contributed by atoms with E-state index in [4.69, 9.17) is 18.0 Å². The Balaban J connectivity index is 2.25. The van der Waals surface area contributed by atoms with E-state index in [1.54, 1.807) is 12.1 Å². The maximum Gasteiger partial charge on any atom is 0.265 e. The number of nitrogens with two attached hydrogens (primary N) is 1. The van der Waals surface area contributed by atoms with E-state index in [2.05, 4.69) is 28.2 Å². The van der Waals surface area contributed by atoms with Crippen LogP contribution in [-0.4, -0.2) is 10.9 Å². The van der Waals surface area contributed by atoms with Gasteiger partial charge in [-0.2, -0.15) is 0 Å². The highest BCUT2D eigenvalue weighted by Crippen LogP contribution is 2.23. The van der Waals surface area contributed by atoms with Crippen molar-refractivity contribution in [1.82, 2.24) is 0 Å². The summed E-state index contributed by atoms with van der Waals surface area (Å²) in [6.07, 6.45) is 0.925. The molecule has 0 unspecified atom stereocenters. The standard InChI is InChI=1S/C14H13BrN2OS2/c1-2-9-4-6-12(20-9)14(18)17-11-5-3-8(15)7-10(11)13(16)19/h3-7H,2H2,1H3,(H2,16,19)(H,17,18). The molecule has 2 aromatic rings. The van der Waals surface area contributed by atoms with Crippen LogP contribution in [0.3, 0.4) is 0 Å². The molecular weight excluding hydrogens is 356 g/mol. The smallest absolute Gasteiger partial charge is 0.265 e. The summed E-state index contributed by atoms with van der Waals surface area (Å²) in [6.45, 7) is 2.06. The SMILES string of the molecule is CCc1ccc(C(=O)Nc2ccc(Br)cc2C(N)=S)s1. The van der Waals surface area contributed by atoms with Crippen LogP contribution in [-0.2, 0) is 6.42 Å². The molecule has 0 spiro atoms. The third-order valence-corrected chi connectivity index (χ3v) is 4.67. The Morgan fingerprint density at radius 2 is 2.15 bits per heavy atom. The summed E-state index contributed by atoms with van der Waals surface area (Å²) in [4.78, 5) is 14.3. The lowest BCUT2D eigenvalue weighted by molar-refractivity contribution is 0.103.